The van der Waals surface area contributed by atoms with Crippen molar-refractivity contribution in [3.63, 3.8) is 0 Å². The van der Waals surface area contributed by atoms with Crippen LogP contribution in [0, 0.1) is 5.82 Å². The minimum absolute atomic E-state index is 0.0542. The van der Waals surface area contributed by atoms with Crippen LogP contribution in [0.2, 0.25) is 5.02 Å². The summed E-state index contributed by atoms with van der Waals surface area (Å²) in [5.74, 6) is -1.16. The number of nitrogens with one attached hydrogen (secondary N) is 2. The smallest absolute Gasteiger partial charge is 0.338 e. The normalized spacial score (nSPS) is 15.3. The number of rotatable bonds is 8. The largest absolute Gasteiger partial charge is 0.494 e. The van der Waals surface area contributed by atoms with Gasteiger partial charge in [-0.2, -0.15) is 0 Å². The molecule has 1 atom stereocenters. The number of methoxy groups -OCH3 is 1. The van der Waals surface area contributed by atoms with E-state index in [1.807, 2.05) is 48.5 Å². The van der Waals surface area contributed by atoms with Crippen molar-refractivity contribution in [1.29, 1.82) is 0 Å². The molecular weight excluding hydrogens is 471 g/mol. The van der Waals surface area contributed by atoms with Crippen molar-refractivity contribution in [2.45, 2.75) is 25.5 Å². The van der Waals surface area contributed by atoms with Gasteiger partial charge in [-0.25, -0.2) is 14.0 Å². The van der Waals surface area contributed by atoms with Gasteiger partial charge in [-0.15, -0.1) is 0 Å². The number of urea groups is 1. The quantitative estimate of drug-likeness (QED) is 0.407. The topological polar surface area (TPSA) is 76.7 Å². The first-order valence-corrected chi connectivity index (χ1v) is 11.4. The van der Waals surface area contributed by atoms with E-state index in [-0.39, 0.29) is 17.9 Å². The molecule has 8 heteroatoms. The maximum Gasteiger partial charge on any atom is 0.338 e. The molecule has 0 aliphatic carbocycles. The number of carbonyl (C=O) groups excluding carboxylic acids is 2. The molecule has 35 heavy (non-hydrogen) atoms. The highest BCUT2D eigenvalue weighted by atomic mass is 35.5. The van der Waals surface area contributed by atoms with Gasteiger partial charge in [0.25, 0.3) is 0 Å². The summed E-state index contributed by atoms with van der Waals surface area (Å²) in [6.07, 6.45) is 0.802. The van der Waals surface area contributed by atoms with Crippen LogP contribution in [0.3, 0.4) is 0 Å². The molecule has 1 aliphatic rings. The first kappa shape index (κ1) is 24.3. The first-order valence-electron chi connectivity index (χ1n) is 11.0. The SMILES string of the molecule is COc1ccc(C2NC(=O)NC(CCc3ccccc3Cl)=C2C(=O)OCc2ccccc2)cc1F. The number of hydrogen-bond acceptors (Lipinski definition) is 4. The lowest BCUT2D eigenvalue weighted by molar-refractivity contribution is -0.140. The summed E-state index contributed by atoms with van der Waals surface area (Å²) >= 11 is 6.30. The lowest BCUT2D eigenvalue weighted by Crippen LogP contribution is -2.46. The van der Waals surface area contributed by atoms with Crippen molar-refractivity contribution in [2.24, 2.45) is 0 Å². The summed E-state index contributed by atoms with van der Waals surface area (Å²) in [6.45, 7) is 0.0542. The Morgan fingerprint density at radius 3 is 2.49 bits per heavy atom. The van der Waals surface area contributed by atoms with E-state index >= 15 is 0 Å². The van der Waals surface area contributed by atoms with Crippen LogP contribution in [0.25, 0.3) is 0 Å². The Bertz CT molecular complexity index is 1260. The molecule has 0 radical (unpaired) electrons. The van der Waals surface area contributed by atoms with Gasteiger partial charge in [0.1, 0.15) is 6.61 Å². The molecule has 1 aliphatic heterocycles. The molecule has 2 N–H and O–H groups in total. The molecule has 1 heterocycles. The van der Waals surface area contributed by atoms with E-state index in [4.69, 9.17) is 21.1 Å². The van der Waals surface area contributed by atoms with Crippen molar-refractivity contribution >= 4 is 23.6 Å². The summed E-state index contributed by atoms with van der Waals surface area (Å²) in [5, 5.41) is 6.06. The molecule has 3 aromatic rings. The van der Waals surface area contributed by atoms with Gasteiger partial charge in [0.05, 0.1) is 18.7 Å². The first-order chi connectivity index (χ1) is 17.0. The van der Waals surface area contributed by atoms with Gasteiger partial charge < -0.3 is 20.1 Å². The molecule has 0 spiro atoms. The van der Waals surface area contributed by atoms with Gasteiger partial charge >= 0.3 is 12.0 Å². The second-order valence-electron chi connectivity index (χ2n) is 7.97. The summed E-state index contributed by atoms with van der Waals surface area (Å²) in [5.41, 5.74) is 2.68. The van der Waals surface area contributed by atoms with Crippen molar-refractivity contribution in [3.8, 4) is 5.75 Å². The van der Waals surface area contributed by atoms with E-state index in [0.29, 0.717) is 29.1 Å². The van der Waals surface area contributed by atoms with Crippen LogP contribution in [0.4, 0.5) is 9.18 Å². The van der Waals surface area contributed by atoms with E-state index in [2.05, 4.69) is 10.6 Å². The molecule has 0 saturated heterocycles. The third kappa shape index (κ3) is 5.81. The van der Waals surface area contributed by atoms with Gasteiger partial charge in [0.2, 0.25) is 0 Å². The van der Waals surface area contributed by atoms with Gasteiger partial charge in [-0.3, -0.25) is 0 Å². The predicted molar refractivity (Wildman–Crippen MR) is 130 cm³/mol. The van der Waals surface area contributed by atoms with Crippen LogP contribution >= 0.6 is 11.6 Å². The van der Waals surface area contributed by atoms with E-state index in [9.17, 15) is 14.0 Å². The van der Waals surface area contributed by atoms with E-state index in [1.165, 1.54) is 19.2 Å². The third-order valence-corrected chi connectivity index (χ3v) is 6.07. The van der Waals surface area contributed by atoms with Crippen molar-refractivity contribution in [2.75, 3.05) is 7.11 Å². The zero-order chi connectivity index (χ0) is 24.8. The maximum atomic E-state index is 14.5. The second-order valence-corrected chi connectivity index (χ2v) is 8.38. The van der Waals surface area contributed by atoms with Crippen molar-refractivity contribution < 1.29 is 23.5 Å². The van der Waals surface area contributed by atoms with Crippen molar-refractivity contribution in [3.05, 3.63) is 112 Å². The predicted octanol–water partition coefficient (Wildman–Crippen LogP) is 5.47. The van der Waals surface area contributed by atoms with Crippen molar-refractivity contribution in [1.82, 2.24) is 10.6 Å². The summed E-state index contributed by atoms with van der Waals surface area (Å²) in [4.78, 5) is 25.9. The zero-order valence-electron chi connectivity index (χ0n) is 19.0. The Labute approximate surface area is 207 Å². The molecule has 6 nitrogen and oxygen atoms in total. The number of carbonyl (C=O) groups is 2. The molecular formula is C27H24ClFN2O4. The highest BCUT2D eigenvalue weighted by Gasteiger charge is 2.34. The summed E-state index contributed by atoms with van der Waals surface area (Å²) < 4.78 is 25.1. The molecule has 0 saturated carbocycles. The lowest BCUT2D eigenvalue weighted by atomic mass is 9.93. The number of esters is 1. The van der Waals surface area contributed by atoms with Crippen LogP contribution in [-0.4, -0.2) is 19.1 Å². The number of hydrogen-bond donors (Lipinski definition) is 2. The third-order valence-electron chi connectivity index (χ3n) is 5.70. The number of benzene rings is 3. The molecule has 0 aromatic heterocycles. The monoisotopic (exact) mass is 494 g/mol. The zero-order valence-corrected chi connectivity index (χ0v) is 19.8. The average molecular weight is 495 g/mol. The molecule has 1 unspecified atom stereocenters. The van der Waals surface area contributed by atoms with Gasteiger partial charge in [-0.1, -0.05) is 66.2 Å². The Morgan fingerprint density at radius 1 is 1.03 bits per heavy atom. The van der Waals surface area contributed by atoms with Crippen LogP contribution in [-0.2, 0) is 22.6 Å². The number of amides is 2. The molecule has 3 aromatic carbocycles. The fourth-order valence-corrected chi connectivity index (χ4v) is 4.16. The maximum absolute atomic E-state index is 14.5. The molecule has 2 amide bonds. The Morgan fingerprint density at radius 2 is 1.77 bits per heavy atom. The highest BCUT2D eigenvalue weighted by Crippen LogP contribution is 2.32. The fourth-order valence-electron chi connectivity index (χ4n) is 3.93. The highest BCUT2D eigenvalue weighted by molar-refractivity contribution is 6.31. The minimum Gasteiger partial charge on any atom is -0.494 e. The Kier molecular flexibility index (Phi) is 7.67. The molecule has 4 rings (SSSR count). The fraction of sp³-hybridized carbons (Fsp3) is 0.185. The van der Waals surface area contributed by atoms with Crippen LogP contribution < -0.4 is 15.4 Å². The molecule has 0 fully saturated rings. The number of ether oxygens (including phenoxy) is 2. The number of aryl methyl sites for hydroxylation is 1. The molecule has 180 valence electrons. The molecule has 0 bridgehead atoms. The summed E-state index contributed by atoms with van der Waals surface area (Å²) in [6, 6.07) is 19.5. The minimum atomic E-state index is -0.909. The van der Waals surface area contributed by atoms with Gasteiger partial charge in [0, 0.05) is 10.7 Å². The van der Waals surface area contributed by atoms with Crippen LogP contribution in [0.5, 0.6) is 5.75 Å². The Hall–Kier alpha value is -3.84. The van der Waals surface area contributed by atoms with E-state index < -0.39 is 23.9 Å². The van der Waals surface area contributed by atoms with Gasteiger partial charge in [0.15, 0.2) is 11.6 Å². The summed E-state index contributed by atoms with van der Waals surface area (Å²) in [7, 11) is 1.36. The Balaban J connectivity index is 1.69. The standard InChI is InChI=1S/C27H24ClFN2O4/c1-34-23-14-12-19(15-21(23)29)25-24(26(32)35-16-17-7-3-2-4-8-17)22(30-27(33)31-25)13-11-18-9-5-6-10-20(18)28/h2-10,12,14-15,25H,11,13,16H2,1H3,(H2,30,31,33). The number of allylic oxidation sites excluding steroid dienone is 1. The van der Waals surface area contributed by atoms with Crippen LogP contribution in [0.1, 0.15) is 29.2 Å². The van der Waals surface area contributed by atoms with E-state index in [1.54, 1.807) is 12.1 Å². The lowest BCUT2D eigenvalue weighted by Gasteiger charge is -2.29. The second kappa shape index (κ2) is 11.1. The average Bonchev–Trinajstić information content (AvgIpc) is 2.87. The van der Waals surface area contributed by atoms with E-state index in [0.717, 1.165) is 11.1 Å². The van der Waals surface area contributed by atoms with Gasteiger partial charge in [-0.05, 0) is 47.7 Å². The van der Waals surface area contributed by atoms with Crippen LogP contribution in [0.15, 0.2) is 84.1 Å². The number of halogens is 2.